The molecular formula is C8H15F3N2. The highest BCUT2D eigenvalue weighted by Crippen LogP contribution is 2.33. The SMILES string of the molecule is CC(C)N1CCC(N)C1C(F)(F)F. The Morgan fingerprint density at radius 2 is 1.92 bits per heavy atom. The molecule has 0 aromatic rings. The largest absolute Gasteiger partial charge is 0.405 e. The highest BCUT2D eigenvalue weighted by Gasteiger charge is 2.50. The average molecular weight is 196 g/mol. The van der Waals surface area contributed by atoms with Crippen LogP contribution in [0.25, 0.3) is 0 Å². The molecule has 0 bridgehead atoms. The van der Waals surface area contributed by atoms with Gasteiger partial charge in [0.1, 0.15) is 6.04 Å². The van der Waals surface area contributed by atoms with Gasteiger partial charge < -0.3 is 5.73 Å². The molecule has 13 heavy (non-hydrogen) atoms. The highest BCUT2D eigenvalue weighted by molar-refractivity contribution is 4.95. The van der Waals surface area contributed by atoms with Crippen LogP contribution in [-0.2, 0) is 0 Å². The average Bonchev–Trinajstić information content (AvgIpc) is 2.28. The molecular weight excluding hydrogens is 181 g/mol. The molecule has 0 spiro atoms. The molecule has 0 saturated carbocycles. The van der Waals surface area contributed by atoms with Gasteiger partial charge in [0.05, 0.1) is 0 Å². The normalized spacial score (nSPS) is 31.6. The van der Waals surface area contributed by atoms with E-state index in [1.165, 1.54) is 4.90 Å². The summed E-state index contributed by atoms with van der Waals surface area (Å²) in [7, 11) is 0. The molecule has 2 unspecified atom stereocenters. The first-order chi connectivity index (χ1) is 5.84. The molecule has 0 aromatic carbocycles. The summed E-state index contributed by atoms with van der Waals surface area (Å²) in [5.74, 6) is 0. The molecule has 1 fully saturated rings. The molecule has 5 heteroatoms. The van der Waals surface area contributed by atoms with Crippen LogP contribution < -0.4 is 5.73 Å². The smallest absolute Gasteiger partial charge is 0.326 e. The minimum atomic E-state index is -4.19. The van der Waals surface area contributed by atoms with Crippen LogP contribution in [0.3, 0.4) is 0 Å². The van der Waals surface area contributed by atoms with E-state index in [4.69, 9.17) is 5.73 Å². The Bertz CT molecular complexity index is 179. The maximum atomic E-state index is 12.5. The lowest BCUT2D eigenvalue weighted by Crippen LogP contribution is -2.51. The number of halogens is 3. The first-order valence-corrected chi connectivity index (χ1v) is 4.42. The van der Waals surface area contributed by atoms with E-state index in [1.807, 2.05) is 0 Å². The standard InChI is InChI=1S/C8H15F3N2/c1-5(2)13-4-3-6(12)7(13)8(9,10)11/h5-7H,3-4,12H2,1-2H3. The van der Waals surface area contributed by atoms with Gasteiger partial charge in [0.25, 0.3) is 0 Å². The van der Waals surface area contributed by atoms with Crippen molar-refractivity contribution in [2.24, 2.45) is 5.73 Å². The molecule has 1 saturated heterocycles. The van der Waals surface area contributed by atoms with E-state index in [0.717, 1.165) is 0 Å². The lowest BCUT2D eigenvalue weighted by molar-refractivity contribution is -0.182. The zero-order valence-corrected chi connectivity index (χ0v) is 7.80. The molecule has 0 amide bonds. The van der Waals surface area contributed by atoms with E-state index in [2.05, 4.69) is 0 Å². The van der Waals surface area contributed by atoms with Crippen molar-refractivity contribution in [3.05, 3.63) is 0 Å². The molecule has 0 aliphatic carbocycles. The fourth-order valence-corrected chi connectivity index (χ4v) is 1.85. The van der Waals surface area contributed by atoms with Crippen molar-refractivity contribution in [3.8, 4) is 0 Å². The molecule has 78 valence electrons. The molecule has 2 nitrogen and oxygen atoms in total. The predicted molar refractivity (Wildman–Crippen MR) is 44.3 cm³/mol. The number of rotatable bonds is 1. The van der Waals surface area contributed by atoms with Gasteiger partial charge in [-0.05, 0) is 20.3 Å². The van der Waals surface area contributed by atoms with Crippen LogP contribution >= 0.6 is 0 Å². The van der Waals surface area contributed by atoms with Crippen molar-refractivity contribution >= 4 is 0 Å². The third-order valence-electron chi connectivity index (χ3n) is 2.48. The number of nitrogens with zero attached hydrogens (tertiary/aromatic N) is 1. The van der Waals surface area contributed by atoms with Crippen LogP contribution in [0.5, 0.6) is 0 Å². The monoisotopic (exact) mass is 196 g/mol. The van der Waals surface area contributed by atoms with Gasteiger partial charge in [-0.1, -0.05) is 0 Å². The van der Waals surface area contributed by atoms with Crippen LogP contribution in [0, 0.1) is 0 Å². The molecule has 0 aromatic heterocycles. The van der Waals surface area contributed by atoms with Crippen LogP contribution in [0.1, 0.15) is 20.3 Å². The third kappa shape index (κ3) is 2.14. The van der Waals surface area contributed by atoms with Crippen molar-refractivity contribution in [1.82, 2.24) is 4.90 Å². The summed E-state index contributed by atoms with van der Waals surface area (Å²) in [5.41, 5.74) is 5.43. The summed E-state index contributed by atoms with van der Waals surface area (Å²) in [4.78, 5) is 1.42. The first-order valence-electron chi connectivity index (χ1n) is 4.42. The Balaban J connectivity index is 2.77. The Hall–Kier alpha value is -0.290. The lowest BCUT2D eigenvalue weighted by atomic mass is 10.1. The van der Waals surface area contributed by atoms with Crippen LogP contribution in [0.4, 0.5) is 13.2 Å². The van der Waals surface area contributed by atoms with Crippen molar-refractivity contribution in [2.75, 3.05) is 6.54 Å². The number of likely N-dealkylation sites (tertiary alicyclic amines) is 1. The van der Waals surface area contributed by atoms with Crippen molar-refractivity contribution in [2.45, 2.75) is 44.6 Å². The van der Waals surface area contributed by atoms with E-state index in [-0.39, 0.29) is 6.04 Å². The van der Waals surface area contributed by atoms with Crippen molar-refractivity contribution in [1.29, 1.82) is 0 Å². The van der Waals surface area contributed by atoms with Gasteiger partial charge in [-0.25, -0.2) is 0 Å². The number of hydrogen-bond acceptors (Lipinski definition) is 2. The Labute approximate surface area is 75.9 Å². The second-order valence-electron chi connectivity index (χ2n) is 3.77. The van der Waals surface area contributed by atoms with Gasteiger partial charge in [-0.3, -0.25) is 4.90 Å². The van der Waals surface area contributed by atoms with E-state index in [0.29, 0.717) is 13.0 Å². The maximum absolute atomic E-state index is 12.5. The lowest BCUT2D eigenvalue weighted by Gasteiger charge is -2.31. The van der Waals surface area contributed by atoms with Crippen molar-refractivity contribution in [3.63, 3.8) is 0 Å². The molecule has 2 atom stereocenters. The molecule has 2 N–H and O–H groups in total. The maximum Gasteiger partial charge on any atom is 0.405 e. The Kier molecular flexibility index (Phi) is 2.87. The predicted octanol–water partition coefficient (Wildman–Crippen LogP) is 1.36. The van der Waals surface area contributed by atoms with E-state index in [9.17, 15) is 13.2 Å². The third-order valence-corrected chi connectivity index (χ3v) is 2.48. The molecule has 1 heterocycles. The van der Waals surface area contributed by atoms with E-state index < -0.39 is 18.3 Å². The number of hydrogen-bond donors (Lipinski definition) is 1. The minimum Gasteiger partial charge on any atom is -0.326 e. The number of alkyl halides is 3. The second kappa shape index (κ2) is 3.46. The van der Waals surface area contributed by atoms with Crippen LogP contribution in [0.2, 0.25) is 0 Å². The van der Waals surface area contributed by atoms with Gasteiger partial charge in [0.15, 0.2) is 0 Å². The summed E-state index contributed by atoms with van der Waals surface area (Å²) < 4.78 is 37.5. The minimum absolute atomic E-state index is 0.0971. The fourth-order valence-electron chi connectivity index (χ4n) is 1.85. The fraction of sp³-hybridized carbons (Fsp3) is 1.00. The molecule has 1 aliphatic heterocycles. The quantitative estimate of drug-likeness (QED) is 0.686. The van der Waals surface area contributed by atoms with Gasteiger partial charge in [-0.15, -0.1) is 0 Å². The van der Waals surface area contributed by atoms with E-state index >= 15 is 0 Å². The van der Waals surface area contributed by atoms with Gasteiger partial charge >= 0.3 is 6.18 Å². The van der Waals surface area contributed by atoms with Crippen LogP contribution in [-0.4, -0.2) is 35.7 Å². The molecule has 0 radical (unpaired) electrons. The first kappa shape index (κ1) is 10.8. The second-order valence-corrected chi connectivity index (χ2v) is 3.77. The summed E-state index contributed by atoms with van der Waals surface area (Å²) in [6.45, 7) is 3.97. The molecule has 1 aliphatic rings. The molecule has 1 rings (SSSR count). The Morgan fingerprint density at radius 1 is 1.38 bits per heavy atom. The van der Waals surface area contributed by atoms with Gasteiger partial charge in [-0.2, -0.15) is 13.2 Å². The summed E-state index contributed by atoms with van der Waals surface area (Å²) >= 11 is 0. The van der Waals surface area contributed by atoms with E-state index in [1.54, 1.807) is 13.8 Å². The zero-order valence-electron chi connectivity index (χ0n) is 7.80. The van der Waals surface area contributed by atoms with Gasteiger partial charge in [0, 0.05) is 18.6 Å². The topological polar surface area (TPSA) is 29.3 Å². The zero-order chi connectivity index (χ0) is 10.2. The summed E-state index contributed by atoms with van der Waals surface area (Å²) in [5, 5.41) is 0. The van der Waals surface area contributed by atoms with Crippen LogP contribution in [0.15, 0.2) is 0 Å². The highest BCUT2D eigenvalue weighted by atomic mass is 19.4. The van der Waals surface area contributed by atoms with Crippen molar-refractivity contribution < 1.29 is 13.2 Å². The number of nitrogens with two attached hydrogens (primary N) is 1. The summed E-state index contributed by atoms with van der Waals surface area (Å²) in [6, 6.07) is -2.31. The summed E-state index contributed by atoms with van der Waals surface area (Å²) in [6.07, 6.45) is -3.76. The van der Waals surface area contributed by atoms with Gasteiger partial charge in [0.2, 0.25) is 0 Å². The Morgan fingerprint density at radius 3 is 2.23 bits per heavy atom.